The Morgan fingerprint density at radius 3 is 2.56 bits per heavy atom. The summed E-state index contributed by atoms with van der Waals surface area (Å²) in [6.07, 6.45) is 2.09. The van der Waals surface area contributed by atoms with E-state index in [0.29, 0.717) is 18.4 Å². The summed E-state index contributed by atoms with van der Waals surface area (Å²) >= 11 is 0. The number of aliphatic hydroxyl groups is 1. The normalized spacial score (nSPS) is 18.4. The van der Waals surface area contributed by atoms with Crippen LogP contribution in [-0.4, -0.2) is 25.7 Å². The Balaban J connectivity index is 2.14. The predicted octanol–water partition coefficient (Wildman–Crippen LogP) is 1.33. The molecule has 18 heavy (non-hydrogen) atoms. The highest BCUT2D eigenvalue weighted by atomic mass is 32.2. The summed E-state index contributed by atoms with van der Waals surface area (Å²) < 4.78 is 39.4. The molecule has 0 amide bonds. The molecule has 1 aromatic rings. The Bertz CT molecular complexity index is 532. The maximum absolute atomic E-state index is 13.2. The highest BCUT2D eigenvalue weighted by molar-refractivity contribution is 7.89. The molecule has 1 aliphatic carbocycles. The molecule has 6 heteroatoms. The van der Waals surface area contributed by atoms with Gasteiger partial charge in [-0.15, -0.1) is 0 Å². The SMILES string of the molecule is Cc1cc(F)cc(S(=O)(=O)NCC2(O)CCC2)c1. The quantitative estimate of drug-likeness (QED) is 0.869. The molecule has 0 bridgehead atoms. The first-order valence-corrected chi connectivity index (χ1v) is 7.28. The molecule has 1 saturated carbocycles. The van der Waals surface area contributed by atoms with Crippen molar-refractivity contribution in [2.75, 3.05) is 6.54 Å². The van der Waals surface area contributed by atoms with Crippen LogP contribution in [0.4, 0.5) is 4.39 Å². The lowest BCUT2D eigenvalue weighted by molar-refractivity contribution is -0.0270. The van der Waals surface area contributed by atoms with Gasteiger partial charge in [-0.05, 0) is 49.9 Å². The zero-order valence-corrected chi connectivity index (χ0v) is 10.9. The van der Waals surface area contributed by atoms with Crippen LogP contribution in [0.2, 0.25) is 0 Å². The van der Waals surface area contributed by atoms with Crippen LogP contribution in [0.15, 0.2) is 23.1 Å². The summed E-state index contributed by atoms with van der Waals surface area (Å²) in [7, 11) is -3.76. The van der Waals surface area contributed by atoms with Crippen LogP contribution < -0.4 is 4.72 Å². The predicted molar refractivity (Wildman–Crippen MR) is 65.1 cm³/mol. The molecule has 4 nitrogen and oxygen atoms in total. The molecule has 1 aromatic carbocycles. The third kappa shape index (κ3) is 2.88. The molecule has 2 rings (SSSR count). The number of rotatable bonds is 4. The van der Waals surface area contributed by atoms with Gasteiger partial charge in [-0.2, -0.15) is 0 Å². The molecule has 1 fully saturated rings. The van der Waals surface area contributed by atoms with E-state index in [2.05, 4.69) is 4.72 Å². The maximum Gasteiger partial charge on any atom is 0.240 e. The Labute approximate surface area is 106 Å². The van der Waals surface area contributed by atoms with Crippen molar-refractivity contribution in [3.63, 3.8) is 0 Å². The molecule has 0 heterocycles. The minimum atomic E-state index is -3.76. The van der Waals surface area contributed by atoms with E-state index in [9.17, 15) is 17.9 Å². The summed E-state index contributed by atoms with van der Waals surface area (Å²) in [5.41, 5.74) is -0.396. The topological polar surface area (TPSA) is 66.4 Å². The molecule has 0 radical (unpaired) electrons. The Hall–Kier alpha value is -0.980. The lowest BCUT2D eigenvalue weighted by Gasteiger charge is -2.36. The summed E-state index contributed by atoms with van der Waals surface area (Å²) in [6.45, 7) is 1.60. The second-order valence-corrected chi connectivity index (χ2v) is 6.63. The van der Waals surface area contributed by atoms with Gasteiger partial charge in [0.15, 0.2) is 0 Å². The smallest absolute Gasteiger partial charge is 0.240 e. The Morgan fingerprint density at radius 1 is 1.39 bits per heavy atom. The zero-order chi connectivity index (χ0) is 13.4. The molecular weight excluding hydrogens is 257 g/mol. The molecule has 0 unspecified atom stereocenters. The van der Waals surface area contributed by atoms with E-state index >= 15 is 0 Å². The van der Waals surface area contributed by atoms with Gasteiger partial charge in [-0.1, -0.05) is 0 Å². The maximum atomic E-state index is 13.2. The molecule has 100 valence electrons. The average Bonchev–Trinajstić information content (AvgIpc) is 2.22. The standard InChI is InChI=1S/C12H16FNO3S/c1-9-5-10(13)7-11(6-9)18(16,17)14-8-12(15)3-2-4-12/h5-7,14-15H,2-4,8H2,1H3. The highest BCUT2D eigenvalue weighted by Crippen LogP contribution is 2.31. The van der Waals surface area contributed by atoms with E-state index in [0.717, 1.165) is 12.5 Å². The molecule has 0 aromatic heterocycles. The fraction of sp³-hybridized carbons (Fsp3) is 0.500. The van der Waals surface area contributed by atoms with Crippen LogP contribution in [0.1, 0.15) is 24.8 Å². The van der Waals surface area contributed by atoms with Gasteiger partial charge in [0.05, 0.1) is 10.5 Å². The molecule has 0 spiro atoms. The van der Waals surface area contributed by atoms with Crippen molar-refractivity contribution in [2.24, 2.45) is 0 Å². The first-order valence-electron chi connectivity index (χ1n) is 5.80. The number of benzene rings is 1. The number of hydrogen-bond acceptors (Lipinski definition) is 3. The molecule has 0 saturated heterocycles. The van der Waals surface area contributed by atoms with E-state index < -0.39 is 21.4 Å². The third-order valence-corrected chi connectivity index (χ3v) is 4.58. The number of halogens is 1. The van der Waals surface area contributed by atoms with Crippen molar-refractivity contribution in [1.82, 2.24) is 4.72 Å². The van der Waals surface area contributed by atoms with Gasteiger partial charge in [0.1, 0.15) is 5.82 Å². The summed E-state index contributed by atoms with van der Waals surface area (Å²) in [4.78, 5) is -0.108. The fourth-order valence-electron chi connectivity index (χ4n) is 1.93. The van der Waals surface area contributed by atoms with E-state index in [-0.39, 0.29) is 11.4 Å². The van der Waals surface area contributed by atoms with Crippen molar-refractivity contribution in [2.45, 2.75) is 36.7 Å². The van der Waals surface area contributed by atoms with Gasteiger partial charge in [-0.3, -0.25) is 0 Å². The molecule has 0 atom stereocenters. The summed E-state index contributed by atoms with van der Waals surface area (Å²) in [5, 5.41) is 9.83. The van der Waals surface area contributed by atoms with Crippen molar-refractivity contribution < 1.29 is 17.9 Å². The van der Waals surface area contributed by atoms with Crippen molar-refractivity contribution in [1.29, 1.82) is 0 Å². The molecular formula is C12H16FNO3S. The second kappa shape index (κ2) is 4.60. The number of sulfonamides is 1. The van der Waals surface area contributed by atoms with E-state index in [1.165, 1.54) is 12.1 Å². The largest absolute Gasteiger partial charge is 0.389 e. The van der Waals surface area contributed by atoms with E-state index in [1.54, 1.807) is 6.92 Å². The Morgan fingerprint density at radius 2 is 2.06 bits per heavy atom. The van der Waals surface area contributed by atoms with Gasteiger partial charge in [0, 0.05) is 6.54 Å². The second-order valence-electron chi connectivity index (χ2n) is 4.87. The fourth-order valence-corrected chi connectivity index (χ4v) is 3.17. The van der Waals surface area contributed by atoms with Gasteiger partial charge >= 0.3 is 0 Å². The van der Waals surface area contributed by atoms with E-state index in [1.807, 2.05) is 0 Å². The summed E-state index contributed by atoms with van der Waals surface area (Å²) in [5.74, 6) is -0.585. The van der Waals surface area contributed by atoms with Gasteiger partial charge in [-0.25, -0.2) is 17.5 Å². The van der Waals surface area contributed by atoms with Crippen LogP contribution in [0.5, 0.6) is 0 Å². The molecule has 1 aliphatic rings. The Kier molecular flexibility index (Phi) is 3.44. The first kappa shape index (κ1) is 13.5. The monoisotopic (exact) mass is 273 g/mol. The molecule has 0 aliphatic heterocycles. The van der Waals surface area contributed by atoms with Crippen LogP contribution in [-0.2, 0) is 10.0 Å². The number of nitrogens with one attached hydrogen (secondary N) is 1. The van der Waals surface area contributed by atoms with Crippen LogP contribution in [0.3, 0.4) is 0 Å². The van der Waals surface area contributed by atoms with Crippen molar-refractivity contribution in [3.05, 3.63) is 29.6 Å². The first-order chi connectivity index (χ1) is 8.31. The lowest BCUT2D eigenvalue weighted by atomic mass is 9.81. The lowest BCUT2D eigenvalue weighted by Crippen LogP contribution is -2.47. The van der Waals surface area contributed by atoms with Gasteiger partial charge in [0.2, 0.25) is 10.0 Å². The minimum Gasteiger partial charge on any atom is -0.389 e. The van der Waals surface area contributed by atoms with Gasteiger partial charge < -0.3 is 5.11 Å². The minimum absolute atomic E-state index is 0.0229. The van der Waals surface area contributed by atoms with Gasteiger partial charge in [0.25, 0.3) is 0 Å². The number of aryl methyl sites for hydroxylation is 1. The molecule has 2 N–H and O–H groups in total. The summed E-state index contributed by atoms with van der Waals surface area (Å²) in [6, 6.07) is 3.63. The zero-order valence-electron chi connectivity index (χ0n) is 10.1. The van der Waals surface area contributed by atoms with Crippen molar-refractivity contribution >= 4 is 10.0 Å². The van der Waals surface area contributed by atoms with E-state index in [4.69, 9.17) is 0 Å². The number of hydrogen-bond donors (Lipinski definition) is 2. The average molecular weight is 273 g/mol. The van der Waals surface area contributed by atoms with Crippen molar-refractivity contribution in [3.8, 4) is 0 Å². The van der Waals surface area contributed by atoms with Crippen LogP contribution in [0, 0.1) is 12.7 Å². The highest BCUT2D eigenvalue weighted by Gasteiger charge is 2.35. The van der Waals surface area contributed by atoms with Crippen LogP contribution >= 0.6 is 0 Å². The third-order valence-electron chi connectivity index (χ3n) is 3.20. The van der Waals surface area contributed by atoms with Crippen LogP contribution in [0.25, 0.3) is 0 Å².